The summed E-state index contributed by atoms with van der Waals surface area (Å²) in [4.78, 5) is 32.7. The lowest BCUT2D eigenvalue weighted by Crippen LogP contribution is -2.29. The van der Waals surface area contributed by atoms with Crippen molar-refractivity contribution in [1.82, 2.24) is 9.97 Å². The van der Waals surface area contributed by atoms with Gasteiger partial charge in [0.15, 0.2) is 0 Å². The number of nitrogens with one attached hydrogen (secondary N) is 1. The van der Waals surface area contributed by atoms with Crippen LogP contribution in [0.4, 0.5) is 5.69 Å². The normalized spacial score (nSPS) is 13.7. The Bertz CT molecular complexity index is 748. The van der Waals surface area contributed by atoms with Crippen LogP contribution in [0.15, 0.2) is 35.1 Å². The lowest BCUT2D eigenvalue weighted by molar-refractivity contribution is 0.0987. The van der Waals surface area contributed by atoms with E-state index in [1.54, 1.807) is 38.4 Å². The standard InChI is InChI=1S/C16H17N3O3/c1-19(11-5-7-12(22-2)8-6-11)16(21)13-9-14(20)18-15(17-13)10-3-4-10/h5-10H,3-4H2,1-2H3,(H,17,18,20). The minimum Gasteiger partial charge on any atom is -0.497 e. The van der Waals surface area contributed by atoms with Crippen LogP contribution < -0.4 is 15.2 Å². The second kappa shape index (κ2) is 5.63. The minimum absolute atomic E-state index is 0.170. The largest absolute Gasteiger partial charge is 0.497 e. The number of methoxy groups -OCH3 is 1. The van der Waals surface area contributed by atoms with Crippen molar-refractivity contribution in [2.75, 3.05) is 19.1 Å². The van der Waals surface area contributed by atoms with E-state index < -0.39 is 0 Å². The summed E-state index contributed by atoms with van der Waals surface area (Å²) < 4.78 is 5.10. The van der Waals surface area contributed by atoms with Crippen molar-refractivity contribution in [3.05, 3.63) is 52.2 Å². The van der Waals surface area contributed by atoms with Crippen molar-refractivity contribution in [3.8, 4) is 5.75 Å². The Morgan fingerprint density at radius 2 is 2.00 bits per heavy atom. The number of carbonyl (C=O) groups excluding carboxylic acids is 1. The maximum absolute atomic E-state index is 12.5. The maximum atomic E-state index is 12.5. The zero-order chi connectivity index (χ0) is 15.7. The molecule has 1 fully saturated rings. The first-order valence-electron chi connectivity index (χ1n) is 7.12. The highest BCUT2D eigenvalue weighted by Crippen LogP contribution is 2.37. The molecule has 0 aliphatic heterocycles. The van der Waals surface area contributed by atoms with Gasteiger partial charge in [-0.1, -0.05) is 0 Å². The number of aromatic nitrogens is 2. The summed E-state index contributed by atoms with van der Waals surface area (Å²) in [6.45, 7) is 0. The molecular weight excluding hydrogens is 282 g/mol. The van der Waals surface area contributed by atoms with Gasteiger partial charge in [-0.05, 0) is 37.1 Å². The number of H-pyrrole nitrogens is 1. The number of hydrogen-bond acceptors (Lipinski definition) is 4. The zero-order valence-corrected chi connectivity index (χ0v) is 12.5. The molecule has 0 atom stereocenters. The molecule has 1 aromatic heterocycles. The van der Waals surface area contributed by atoms with Gasteiger partial charge in [0.1, 0.15) is 17.3 Å². The monoisotopic (exact) mass is 299 g/mol. The van der Waals surface area contributed by atoms with Crippen LogP contribution in [-0.4, -0.2) is 30.0 Å². The molecule has 0 radical (unpaired) electrons. The summed E-state index contributed by atoms with van der Waals surface area (Å²) in [6, 6.07) is 8.37. The van der Waals surface area contributed by atoms with Gasteiger partial charge in [0.05, 0.1) is 7.11 Å². The fraction of sp³-hybridized carbons (Fsp3) is 0.312. The first-order chi connectivity index (χ1) is 10.6. The van der Waals surface area contributed by atoms with E-state index in [0.717, 1.165) is 18.6 Å². The number of nitrogens with zero attached hydrogens (tertiary/aromatic N) is 2. The molecule has 3 rings (SSSR count). The van der Waals surface area contributed by atoms with Crippen LogP contribution in [0, 0.1) is 0 Å². The fourth-order valence-corrected chi connectivity index (χ4v) is 2.23. The van der Waals surface area contributed by atoms with Crippen LogP contribution in [-0.2, 0) is 0 Å². The second-order valence-electron chi connectivity index (χ2n) is 5.35. The number of rotatable bonds is 4. The summed E-state index contributed by atoms with van der Waals surface area (Å²) in [5, 5.41) is 0. The highest BCUT2D eigenvalue weighted by Gasteiger charge is 2.27. The molecule has 114 valence electrons. The molecule has 1 heterocycles. The Hall–Kier alpha value is -2.63. The molecule has 6 nitrogen and oxygen atoms in total. The average molecular weight is 299 g/mol. The number of ether oxygens (including phenoxy) is 1. The third kappa shape index (κ3) is 2.86. The Kier molecular flexibility index (Phi) is 3.66. The van der Waals surface area contributed by atoms with Gasteiger partial charge in [-0.15, -0.1) is 0 Å². The number of aromatic amines is 1. The summed E-state index contributed by atoms with van der Waals surface area (Å²) in [5.74, 6) is 1.30. The SMILES string of the molecule is COc1ccc(N(C)C(=O)c2cc(=O)[nH]c(C3CC3)n2)cc1. The van der Waals surface area contributed by atoms with Crippen LogP contribution in [0.2, 0.25) is 0 Å². The van der Waals surface area contributed by atoms with Crippen LogP contribution in [0.5, 0.6) is 5.75 Å². The predicted octanol–water partition coefficient (Wildman–Crippen LogP) is 1.93. The van der Waals surface area contributed by atoms with Gasteiger partial charge < -0.3 is 14.6 Å². The van der Waals surface area contributed by atoms with Gasteiger partial charge >= 0.3 is 0 Å². The maximum Gasteiger partial charge on any atom is 0.276 e. The number of amides is 1. The van der Waals surface area contributed by atoms with Crippen molar-refractivity contribution in [2.24, 2.45) is 0 Å². The van der Waals surface area contributed by atoms with Crippen molar-refractivity contribution in [1.29, 1.82) is 0 Å². The zero-order valence-electron chi connectivity index (χ0n) is 12.5. The van der Waals surface area contributed by atoms with E-state index in [4.69, 9.17) is 4.74 Å². The number of anilines is 1. The van der Waals surface area contributed by atoms with Gasteiger partial charge in [0.2, 0.25) is 0 Å². The van der Waals surface area contributed by atoms with Crippen molar-refractivity contribution in [2.45, 2.75) is 18.8 Å². The minimum atomic E-state index is -0.307. The first-order valence-corrected chi connectivity index (χ1v) is 7.12. The Labute approximate surface area is 127 Å². The Morgan fingerprint density at radius 1 is 1.32 bits per heavy atom. The molecule has 0 spiro atoms. The third-order valence-electron chi connectivity index (χ3n) is 3.71. The molecule has 2 aromatic rings. The topological polar surface area (TPSA) is 75.3 Å². The molecule has 1 amide bonds. The molecule has 1 N–H and O–H groups in total. The highest BCUT2D eigenvalue weighted by atomic mass is 16.5. The Morgan fingerprint density at radius 3 is 2.59 bits per heavy atom. The van der Waals surface area contributed by atoms with Crippen molar-refractivity contribution in [3.63, 3.8) is 0 Å². The van der Waals surface area contributed by atoms with E-state index in [2.05, 4.69) is 9.97 Å². The second-order valence-corrected chi connectivity index (χ2v) is 5.35. The summed E-state index contributed by atoms with van der Waals surface area (Å²) in [6.07, 6.45) is 2.02. The summed E-state index contributed by atoms with van der Waals surface area (Å²) in [7, 11) is 3.24. The molecule has 1 saturated carbocycles. The summed E-state index contributed by atoms with van der Waals surface area (Å²) in [5.41, 5.74) is 0.591. The van der Waals surface area contributed by atoms with E-state index in [9.17, 15) is 9.59 Å². The number of carbonyl (C=O) groups is 1. The Balaban J connectivity index is 1.87. The van der Waals surface area contributed by atoms with Crippen LogP contribution >= 0.6 is 0 Å². The van der Waals surface area contributed by atoms with E-state index in [1.165, 1.54) is 11.0 Å². The molecular formula is C16H17N3O3. The molecule has 6 heteroatoms. The third-order valence-corrected chi connectivity index (χ3v) is 3.71. The molecule has 0 bridgehead atoms. The number of benzene rings is 1. The predicted molar refractivity (Wildman–Crippen MR) is 82.6 cm³/mol. The first kappa shape index (κ1) is 14.3. The van der Waals surface area contributed by atoms with Gasteiger partial charge in [-0.3, -0.25) is 9.59 Å². The molecule has 1 aromatic carbocycles. The van der Waals surface area contributed by atoms with Gasteiger partial charge in [0, 0.05) is 24.7 Å². The average Bonchev–Trinajstić information content (AvgIpc) is 3.38. The van der Waals surface area contributed by atoms with Crippen LogP contribution in [0.1, 0.15) is 35.1 Å². The van der Waals surface area contributed by atoms with Crippen molar-refractivity contribution >= 4 is 11.6 Å². The number of hydrogen-bond donors (Lipinski definition) is 1. The smallest absolute Gasteiger partial charge is 0.276 e. The van der Waals surface area contributed by atoms with Crippen LogP contribution in [0.3, 0.4) is 0 Å². The molecule has 22 heavy (non-hydrogen) atoms. The molecule has 0 saturated heterocycles. The molecule has 1 aliphatic carbocycles. The molecule has 1 aliphatic rings. The van der Waals surface area contributed by atoms with Gasteiger partial charge in [-0.25, -0.2) is 4.98 Å². The highest BCUT2D eigenvalue weighted by molar-refractivity contribution is 6.04. The quantitative estimate of drug-likeness (QED) is 0.936. The van der Waals surface area contributed by atoms with E-state index in [1.807, 2.05) is 0 Å². The molecule has 0 unspecified atom stereocenters. The van der Waals surface area contributed by atoms with Gasteiger partial charge in [0.25, 0.3) is 11.5 Å². The lowest BCUT2D eigenvalue weighted by Gasteiger charge is -2.17. The lowest BCUT2D eigenvalue weighted by atomic mass is 10.2. The van der Waals surface area contributed by atoms with Crippen molar-refractivity contribution < 1.29 is 9.53 Å². The summed E-state index contributed by atoms with van der Waals surface area (Å²) >= 11 is 0. The van der Waals surface area contributed by atoms with E-state index in [-0.39, 0.29) is 23.1 Å². The van der Waals surface area contributed by atoms with E-state index >= 15 is 0 Å². The fourth-order valence-electron chi connectivity index (χ4n) is 2.23. The van der Waals surface area contributed by atoms with Gasteiger partial charge in [-0.2, -0.15) is 0 Å². The van der Waals surface area contributed by atoms with Crippen LogP contribution in [0.25, 0.3) is 0 Å². The van der Waals surface area contributed by atoms with E-state index in [0.29, 0.717) is 11.5 Å².